The van der Waals surface area contributed by atoms with Crippen molar-refractivity contribution >= 4 is 0 Å². The molecule has 0 aliphatic rings. The lowest BCUT2D eigenvalue weighted by molar-refractivity contribution is -0.0332. The Balaban J connectivity index is 3.83. The minimum absolute atomic E-state index is 0.0579. The predicted octanol–water partition coefficient (Wildman–Crippen LogP) is 4.41. The molecule has 0 saturated carbocycles. The third-order valence-corrected chi connectivity index (χ3v) is 3.76. The average Bonchev–Trinajstić information content (AvgIpc) is 2.17. The average molecular weight is 200 g/mol. The van der Waals surface area contributed by atoms with Crippen LogP contribution in [0.2, 0.25) is 0 Å². The van der Waals surface area contributed by atoms with Gasteiger partial charge < -0.3 is 4.74 Å². The zero-order chi connectivity index (χ0) is 11.2. The van der Waals surface area contributed by atoms with Gasteiger partial charge in [0.2, 0.25) is 0 Å². The summed E-state index contributed by atoms with van der Waals surface area (Å²) in [6.07, 6.45) is 4.77. The second-order valence-electron chi connectivity index (χ2n) is 5.23. The molecule has 0 aromatic heterocycles. The molecule has 0 bridgehead atoms. The Kier molecular flexibility index (Phi) is 5.73. The monoisotopic (exact) mass is 200 g/mol. The molecule has 0 fully saturated rings. The van der Waals surface area contributed by atoms with E-state index < -0.39 is 0 Å². The van der Waals surface area contributed by atoms with Crippen LogP contribution in [0.1, 0.15) is 67.2 Å². The van der Waals surface area contributed by atoms with Crippen molar-refractivity contribution in [3.63, 3.8) is 0 Å². The lowest BCUT2D eigenvalue weighted by Crippen LogP contribution is -2.26. The Morgan fingerprint density at radius 3 is 1.71 bits per heavy atom. The zero-order valence-electron chi connectivity index (χ0n) is 10.9. The Bertz CT molecular complexity index is 145. The zero-order valence-corrected chi connectivity index (χ0v) is 10.9. The van der Waals surface area contributed by atoms with Crippen LogP contribution in [0.4, 0.5) is 0 Å². The van der Waals surface area contributed by atoms with Crippen molar-refractivity contribution in [2.24, 2.45) is 5.41 Å². The predicted molar refractivity (Wildman–Crippen MR) is 63.6 cm³/mol. The molecule has 0 aliphatic heterocycles. The van der Waals surface area contributed by atoms with E-state index in [0.29, 0.717) is 5.41 Å². The van der Waals surface area contributed by atoms with Crippen molar-refractivity contribution in [3.8, 4) is 0 Å². The summed E-state index contributed by atoms with van der Waals surface area (Å²) < 4.78 is 5.88. The largest absolute Gasteiger partial charge is 0.376 e. The lowest BCUT2D eigenvalue weighted by Gasteiger charge is -2.30. The highest BCUT2D eigenvalue weighted by molar-refractivity contribution is 4.72. The van der Waals surface area contributed by atoms with Gasteiger partial charge in [-0.3, -0.25) is 0 Å². The van der Waals surface area contributed by atoms with Crippen molar-refractivity contribution in [1.29, 1.82) is 0 Å². The van der Waals surface area contributed by atoms with Crippen LogP contribution in [0.15, 0.2) is 0 Å². The first-order chi connectivity index (χ1) is 6.39. The van der Waals surface area contributed by atoms with Crippen molar-refractivity contribution in [2.45, 2.75) is 72.8 Å². The van der Waals surface area contributed by atoms with Gasteiger partial charge in [0, 0.05) is 6.61 Å². The smallest absolute Gasteiger partial charge is 0.0623 e. The quantitative estimate of drug-likeness (QED) is 0.591. The second-order valence-corrected chi connectivity index (χ2v) is 5.23. The molecule has 0 aromatic carbocycles. The lowest BCUT2D eigenvalue weighted by atomic mass is 9.82. The standard InChI is InChI=1S/C13H28O/c1-7-12(4,5)14-11-10-13(6,8-2)9-3/h7-11H2,1-6H3. The van der Waals surface area contributed by atoms with E-state index in [1.165, 1.54) is 19.3 Å². The Labute approximate surface area is 90.2 Å². The van der Waals surface area contributed by atoms with Crippen molar-refractivity contribution in [3.05, 3.63) is 0 Å². The molecule has 0 rings (SSSR count). The van der Waals surface area contributed by atoms with E-state index in [2.05, 4.69) is 41.5 Å². The van der Waals surface area contributed by atoms with Crippen LogP contribution in [-0.2, 0) is 4.74 Å². The first-order valence-electron chi connectivity index (χ1n) is 6.03. The maximum Gasteiger partial charge on any atom is 0.0623 e. The summed E-state index contributed by atoms with van der Waals surface area (Å²) in [7, 11) is 0. The highest BCUT2D eigenvalue weighted by atomic mass is 16.5. The summed E-state index contributed by atoms with van der Waals surface area (Å²) in [5, 5.41) is 0. The van der Waals surface area contributed by atoms with Crippen LogP contribution in [-0.4, -0.2) is 12.2 Å². The summed E-state index contributed by atoms with van der Waals surface area (Å²) in [6, 6.07) is 0. The van der Waals surface area contributed by atoms with Crippen molar-refractivity contribution < 1.29 is 4.74 Å². The van der Waals surface area contributed by atoms with Gasteiger partial charge in [-0.2, -0.15) is 0 Å². The van der Waals surface area contributed by atoms with Crippen LogP contribution >= 0.6 is 0 Å². The van der Waals surface area contributed by atoms with Crippen LogP contribution < -0.4 is 0 Å². The summed E-state index contributed by atoms with van der Waals surface area (Å²) >= 11 is 0. The molecular formula is C13H28O. The molecule has 14 heavy (non-hydrogen) atoms. The van der Waals surface area contributed by atoms with Gasteiger partial charge in [-0.1, -0.05) is 40.5 Å². The van der Waals surface area contributed by atoms with Gasteiger partial charge in [0.1, 0.15) is 0 Å². The molecule has 0 saturated heterocycles. The summed E-state index contributed by atoms with van der Waals surface area (Å²) in [5.41, 5.74) is 0.534. The molecule has 86 valence electrons. The van der Waals surface area contributed by atoms with E-state index in [-0.39, 0.29) is 5.60 Å². The molecular weight excluding hydrogens is 172 g/mol. The number of hydrogen-bond donors (Lipinski definition) is 0. The third-order valence-electron chi connectivity index (χ3n) is 3.76. The summed E-state index contributed by atoms with van der Waals surface area (Å²) in [4.78, 5) is 0. The fourth-order valence-corrected chi connectivity index (χ4v) is 1.28. The minimum Gasteiger partial charge on any atom is -0.376 e. The van der Waals surface area contributed by atoms with E-state index in [4.69, 9.17) is 4.74 Å². The molecule has 0 amide bonds. The van der Waals surface area contributed by atoms with Gasteiger partial charge in [0.05, 0.1) is 5.60 Å². The Morgan fingerprint density at radius 2 is 1.36 bits per heavy atom. The molecule has 0 heterocycles. The Morgan fingerprint density at radius 1 is 0.857 bits per heavy atom. The molecule has 0 N–H and O–H groups in total. The topological polar surface area (TPSA) is 9.23 Å². The molecule has 1 nitrogen and oxygen atoms in total. The van der Waals surface area contributed by atoms with Gasteiger partial charge >= 0.3 is 0 Å². The number of hydrogen-bond acceptors (Lipinski definition) is 1. The summed E-state index contributed by atoms with van der Waals surface area (Å²) in [5.74, 6) is 0. The fourth-order valence-electron chi connectivity index (χ4n) is 1.28. The van der Waals surface area contributed by atoms with Crippen LogP contribution in [0.3, 0.4) is 0 Å². The van der Waals surface area contributed by atoms with Crippen LogP contribution in [0.5, 0.6) is 0 Å². The SMILES string of the molecule is CCC(C)(CC)CCOC(C)(C)CC. The van der Waals surface area contributed by atoms with Gasteiger partial charge in [-0.05, 0) is 32.1 Å². The van der Waals surface area contributed by atoms with E-state index in [1.54, 1.807) is 0 Å². The minimum atomic E-state index is 0.0579. The van der Waals surface area contributed by atoms with E-state index >= 15 is 0 Å². The normalized spacial score (nSPS) is 13.3. The van der Waals surface area contributed by atoms with E-state index in [9.17, 15) is 0 Å². The second kappa shape index (κ2) is 5.75. The van der Waals surface area contributed by atoms with Crippen LogP contribution in [0, 0.1) is 5.41 Å². The Hall–Kier alpha value is -0.0400. The molecule has 0 radical (unpaired) electrons. The third kappa shape index (κ3) is 4.99. The molecule has 0 aromatic rings. The van der Waals surface area contributed by atoms with Gasteiger partial charge in [-0.25, -0.2) is 0 Å². The molecule has 0 spiro atoms. The maximum atomic E-state index is 5.88. The number of ether oxygens (including phenoxy) is 1. The van der Waals surface area contributed by atoms with Gasteiger partial charge in [0.25, 0.3) is 0 Å². The first kappa shape index (κ1) is 14.0. The number of rotatable bonds is 7. The van der Waals surface area contributed by atoms with Crippen molar-refractivity contribution in [1.82, 2.24) is 0 Å². The van der Waals surface area contributed by atoms with E-state index in [0.717, 1.165) is 13.0 Å². The molecule has 0 atom stereocenters. The fraction of sp³-hybridized carbons (Fsp3) is 1.00. The maximum absolute atomic E-state index is 5.88. The highest BCUT2D eigenvalue weighted by Crippen LogP contribution is 2.30. The first-order valence-corrected chi connectivity index (χ1v) is 6.03. The van der Waals surface area contributed by atoms with Crippen LogP contribution in [0.25, 0.3) is 0 Å². The summed E-state index contributed by atoms with van der Waals surface area (Å²) in [6.45, 7) is 14.3. The van der Waals surface area contributed by atoms with Gasteiger partial charge in [-0.15, -0.1) is 0 Å². The molecule has 0 aliphatic carbocycles. The highest BCUT2D eigenvalue weighted by Gasteiger charge is 2.21. The van der Waals surface area contributed by atoms with Gasteiger partial charge in [0.15, 0.2) is 0 Å². The van der Waals surface area contributed by atoms with Crippen molar-refractivity contribution in [2.75, 3.05) is 6.61 Å². The van der Waals surface area contributed by atoms with E-state index in [1.807, 2.05) is 0 Å². The molecule has 1 heteroatoms. The molecule has 0 unspecified atom stereocenters.